The molecule has 0 saturated heterocycles. The highest BCUT2D eigenvalue weighted by molar-refractivity contribution is 5.93. The average molecular weight is 415 g/mol. The number of carbonyl (C=O) groups is 2. The van der Waals surface area contributed by atoms with Gasteiger partial charge in [0.1, 0.15) is 0 Å². The van der Waals surface area contributed by atoms with Gasteiger partial charge in [-0.3, -0.25) is 14.5 Å². The van der Waals surface area contributed by atoms with Gasteiger partial charge in [0, 0.05) is 30.4 Å². The quantitative estimate of drug-likeness (QED) is 0.411. The molecule has 2 aromatic carbocycles. The van der Waals surface area contributed by atoms with Crippen LogP contribution in [0, 0.1) is 29.1 Å². The van der Waals surface area contributed by atoms with Crippen LogP contribution in [0.25, 0.3) is 0 Å². The maximum absolute atomic E-state index is 13.8. The molecule has 5 nitrogen and oxygen atoms in total. The summed E-state index contributed by atoms with van der Waals surface area (Å²) in [6.07, 6.45) is 0. The molecule has 0 atom stereocenters. The number of nitrogens with zero attached hydrogens (tertiary/aromatic N) is 1. The maximum atomic E-state index is 13.8. The average Bonchev–Trinajstić information content (AvgIpc) is 2.68. The molecule has 0 aliphatic rings. The number of amides is 2. The first kappa shape index (κ1) is 22.3. The van der Waals surface area contributed by atoms with Gasteiger partial charge in [-0.15, -0.1) is 0 Å². The summed E-state index contributed by atoms with van der Waals surface area (Å²) in [5.41, 5.74) is -0.0795. The number of anilines is 2. The van der Waals surface area contributed by atoms with Gasteiger partial charge in [-0.2, -0.15) is 0 Å². The number of halogens is 5. The molecule has 0 unspecified atom stereocenters. The summed E-state index contributed by atoms with van der Waals surface area (Å²) in [5, 5.41) is 5.10. The van der Waals surface area contributed by atoms with E-state index in [0.29, 0.717) is 11.4 Å². The minimum atomic E-state index is -2.23. The van der Waals surface area contributed by atoms with Crippen LogP contribution in [0.15, 0.2) is 24.3 Å². The van der Waals surface area contributed by atoms with E-state index >= 15 is 0 Å². The van der Waals surface area contributed by atoms with Gasteiger partial charge in [0.05, 0.1) is 6.54 Å². The third-order valence-electron chi connectivity index (χ3n) is 3.99. The zero-order valence-electron chi connectivity index (χ0n) is 15.6. The molecule has 0 bridgehead atoms. The second-order valence-corrected chi connectivity index (χ2v) is 6.16. The van der Waals surface area contributed by atoms with E-state index in [1.165, 1.54) is 24.0 Å². The Kier molecular flexibility index (Phi) is 7.27. The normalized spacial score (nSPS) is 10.9. The molecule has 0 aromatic heterocycles. The Morgan fingerprint density at radius 1 is 0.828 bits per heavy atom. The highest BCUT2D eigenvalue weighted by Crippen LogP contribution is 2.24. The number of likely N-dealkylation sites (N-methyl/N-ethyl adjacent to an activating group) is 1. The van der Waals surface area contributed by atoms with Crippen LogP contribution in [-0.2, 0) is 16.1 Å². The van der Waals surface area contributed by atoms with Crippen molar-refractivity contribution in [1.82, 2.24) is 4.90 Å². The molecule has 29 heavy (non-hydrogen) atoms. The number of hydrogen-bond donors (Lipinski definition) is 2. The van der Waals surface area contributed by atoms with E-state index in [1.54, 1.807) is 19.1 Å². The zero-order valence-corrected chi connectivity index (χ0v) is 15.6. The molecule has 156 valence electrons. The topological polar surface area (TPSA) is 61.4 Å². The number of hydrogen-bond acceptors (Lipinski definition) is 3. The van der Waals surface area contributed by atoms with Crippen molar-refractivity contribution >= 4 is 23.2 Å². The summed E-state index contributed by atoms with van der Waals surface area (Å²) in [5.74, 6) is -10.9. The van der Waals surface area contributed by atoms with Gasteiger partial charge in [-0.25, -0.2) is 22.0 Å². The minimum absolute atomic E-state index is 0.119. The van der Waals surface area contributed by atoms with Gasteiger partial charge >= 0.3 is 0 Å². The lowest BCUT2D eigenvalue weighted by molar-refractivity contribution is -0.117. The predicted octanol–water partition coefficient (Wildman–Crippen LogP) is 3.80. The molecule has 2 N–H and O–H groups in total. The van der Waals surface area contributed by atoms with Crippen molar-refractivity contribution in [2.24, 2.45) is 0 Å². The molecule has 0 saturated carbocycles. The molecule has 0 aliphatic carbocycles. The van der Waals surface area contributed by atoms with Gasteiger partial charge in [-0.05, 0) is 30.8 Å². The van der Waals surface area contributed by atoms with Crippen LogP contribution in [0.4, 0.5) is 33.3 Å². The van der Waals surface area contributed by atoms with Crippen molar-refractivity contribution in [2.75, 3.05) is 23.7 Å². The van der Waals surface area contributed by atoms with E-state index in [9.17, 15) is 31.5 Å². The van der Waals surface area contributed by atoms with Crippen molar-refractivity contribution in [3.8, 4) is 0 Å². The van der Waals surface area contributed by atoms with Crippen molar-refractivity contribution in [2.45, 2.75) is 20.4 Å². The van der Waals surface area contributed by atoms with Crippen LogP contribution >= 0.6 is 0 Å². The molecule has 0 aliphatic heterocycles. The lowest BCUT2D eigenvalue weighted by atomic mass is 10.1. The van der Waals surface area contributed by atoms with Crippen LogP contribution in [0.2, 0.25) is 0 Å². The van der Waals surface area contributed by atoms with Crippen LogP contribution in [-0.4, -0.2) is 29.8 Å². The molecule has 10 heteroatoms. The monoisotopic (exact) mass is 415 g/mol. The third-order valence-corrected chi connectivity index (χ3v) is 3.99. The lowest BCUT2D eigenvalue weighted by Gasteiger charge is -2.21. The SMILES string of the molecule is CCN(CC(=O)Nc1ccc(NC(C)=O)cc1)Cc1c(F)c(F)c(F)c(F)c1F. The van der Waals surface area contributed by atoms with Gasteiger partial charge in [-0.1, -0.05) is 6.92 Å². The van der Waals surface area contributed by atoms with Crippen LogP contribution in [0.5, 0.6) is 0 Å². The summed E-state index contributed by atoms with van der Waals surface area (Å²) in [6.45, 7) is 2.05. The number of carbonyl (C=O) groups excluding carboxylic acids is 2. The second-order valence-electron chi connectivity index (χ2n) is 6.16. The summed E-state index contributed by atoms with van der Waals surface area (Å²) < 4.78 is 67.5. The van der Waals surface area contributed by atoms with Crippen LogP contribution < -0.4 is 10.6 Å². The van der Waals surface area contributed by atoms with E-state index in [4.69, 9.17) is 0 Å². The number of nitrogens with one attached hydrogen (secondary N) is 2. The van der Waals surface area contributed by atoms with Crippen LogP contribution in [0.3, 0.4) is 0 Å². The van der Waals surface area contributed by atoms with E-state index in [0.717, 1.165) is 0 Å². The first-order valence-corrected chi connectivity index (χ1v) is 8.54. The van der Waals surface area contributed by atoms with E-state index in [-0.39, 0.29) is 19.0 Å². The van der Waals surface area contributed by atoms with Crippen molar-refractivity contribution in [3.05, 3.63) is 58.9 Å². The Bertz CT molecular complexity index is 890. The molecule has 2 aromatic rings. The molecule has 2 rings (SSSR count). The van der Waals surface area contributed by atoms with Gasteiger partial charge in [0.15, 0.2) is 23.3 Å². The molecule has 0 spiro atoms. The van der Waals surface area contributed by atoms with Crippen LogP contribution in [0.1, 0.15) is 19.4 Å². The molecular formula is C19H18F5N3O2. The first-order chi connectivity index (χ1) is 13.6. The van der Waals surface area contributed by atoms with Crippen molar-refractivity contribution in [1.29, 1.82) is 0 Å². The predicted molar refractivity (Wildman–Crippen MR) is 96.6 cm³/mol. The minimum Gasteiger partial charge on any atom is -0.326 e. The van der Waals surface area contributed by atoms with E-state index < -0.39 is 47.1 Å². The second kappa shape index (κ2) is 9.46. The fraction of sp³-hybridized carbons (Fsp3) is 0.263. The first-order valence-electron chi connectivity index (χ1n) is 8.54. The summed E-state index contributed by atoms with van der Waals surface area (Å²) in [7, 11) is 0. The van der Waals surface area contributed by atoms with Gasteiger partial charge < -0.3 is 10.6 Å². The molecule has 2 amide bonds. The molecular weight excluding hydrogens is 397 g/mol. The standard InChI is InChI=1S/C19H18F5N3O2/c1-3-27(8-13-15(20)17(22)19(24)18(23)16(13)21)9-14(29)26-12-6-4-11(5-7-12)25-10(2)28/h4-7H,3,8-9H2,1-2H3,(H,25,28)(H,26,29). The van der Waals surface area contributed by atoms with Gasteiger partial charge in [0.25, 0.3) is 0 Å². The van der Waals surface area contributed by atoms with E-state index in [1.807, 2.05) is 0 Å². The molecule has 0 heterocycles. The van der Waals surface area contributed by atoms with Gasteiger partial charge in [0.2, 0.25) is 17.6 Å². The zero-order chi connectivity index (χ0) is 21.7. The molecule has 0 fully saturated rings. The largest absolute Gasteiger partial charge is 0.326 e. The Hall–Kier alpha value is -3.01. The summed E-state index contributed by atoms with van der Waals surface area (Å²) >= 11 is 0. The fourth-order valence-corrected chi connectivity index (χ4v) is 2.54. The van der Waals surface area contributed by atoms with E-state index in [2.05, 4.69) is 10.6 Å². The van der Waals surface area contributed by atoms with Crippen molar-refractivity contribution < 1.29 is 31.5 Å². The highest BCUT2D eigenvalue weighted by Gasteiger charge is 2.27. The smallest absolute Gasteiger partial charge is 0.238 e. The summed E-state index contributed by atoms with van der Waals surface area (Å²) in [4.78, 5) is 24.4. The Morgan fingerprint density at radius 2 is 1.28 bits per heavy atom. The maximum Gasteiger partial charge on any atom is 0.238 e. The fourth-order valence-electron chi connectivity index (χ4n) is 2.54. The Morgan fingerprint density at radius 3 is 1.72 bits per heavy atom. The number of rotatable bonds is 7. The molecule has 0 radical (unpaired) electrons. The Labute approximate surface area is 163 Å². The summed E-state index contributed by atoms with van der Waals surface area (Å²) in [6, 6.07) is 6.18. The lowest BCUT2D eigenvalue weighted by Crippen LogP contribution is -2.33. The third kappa shape index (κ3) is 5.50. The number of benzene rings is 2. The Balaban J connectivity index is 2.07. The highest BCUT2D eigenvalue weighted by atomic mass is 19.2. The van der Waals surface area contributed by atoms with Crippen molar-refractivity contribution in [3.63, 3.8) is 0 Å².